The van der Waals surface area contributed by atoms with Gasteiger partial charge in [0.1, 0.15) is 0 Å². The number of carboxylic acid groups (broad SMARTS) is 1. The first-order chi connectivity index (χ1) is 15.3. The number of carbonyl (C=O) groups is 2. The fraction of sp³-hybridized carbons (Fsp3) is 0.227. The number of hydrogen-bond acceptors (Lipinski definition) is 5. The first-order valence-corrected chi connectivity index (χ1v) is 9.76. The maximum Gasteiger partial charge on any atom is 0.416 e. The zero-order valence-corrected chi connectivity index (χ0v) is 16.9. The van der Waals surface area contributed by atoms with Crippen LogP contribution in [0.4, 0.5) is 18.9 Å². The van der Waals surface area contributed by atoms with E-state index in [1.165, 1.54) is 6.07 Å². The number of amides is 1. The van der Waals surface area contributed by atoms with Crippen molar-refractivity contribution in [2.75, 3.05) is 25.0 Å². The van der Waals surface area contributed by atoms with E-state index >= 15 is 0 Å². The van der Waals surface area contributed by atoms with Crippen LogP contribution in [0.5, 0.6) is 0 Å². The third-order valence-corrected chi connectivity index (χ3v) is 4.69. The number of hydrogen-bond donors (Lipinski definition) is 4. The Bertz CT molecular complexity index is 1050. The highest BCUT2D eigenvalue weighted by molar-refractivity contribution is 6.02. The van der Waals surface area contributed by atoms with Gasteiger partial charge >= 0.3 is 12.1 Å². The normalized spacial score (nSPS) is 14.5. The second kappa shape index (κ2) is 9.99. The summed E-state index contributed by atoms with van der Waals surface area (Å²) in [5.74, 6) is -1.02. The minimum absolute atomic E-state index is 0.0371. The smallest absolute Gasteiger partial charge is 0.416 e. The molecule has 1 aliphatic rings. The number of alkyl halides is 3. The fourth-order valence-electron chi connectivity index (χ4n) is 3.30. The molecule has 0 aromatic heterocycles. The van der Waals surface area contributed by atoms with Crippen molar-refractivity contribution in [1.29, 1.82) is 0 Å². The van der Waals surface area contributed by atoms with Gasteiger partial charge in [0.25, 0.3) is 0 Å². The summed E-state index contributed by atoms with van der Waals surface area (Å²) in [5, 5.41) is 17.9. The highest BCUT2D eigenvalue weighted by Gasteiger charge is 2.32. The number of nitrogens with one attached hydrogen (secondary N) is 3. The number of rotatable bonds is 7. The third-order valence-electron chi connectivity index (χ3n) is 4.69. The average Bonchev–Trinajstić information content (AvgIpc) is 2.77. The van der Waals surface area contributed by atoms with Crippen molar-refractivity contribution in [3.8, 4) is 0 Å². The first-order valence-electron chi connectivity index (χ1n) is 9.76. The molecule has 2 aromatic rings. The largest absolute Gasteiger partial charge is 0.478 e. The average molecular weight is 446 g/mol. The number of carbonyl (C=O) groups excluding carboxylic acids is 1. The van der Waals surface area contributed by atoms with E-state index in [1.54, 1.807) is 30.3 Å². The van der Waals surface area contributed by atoms with Gasteiger partial charge in [0.15, 0.2) is 5.96 Å². The third kappa shape index (κ3) is 5.65. The lowest BCUT2D eigenvalue weighted by Gasteiger charge is -2.20. The van der Waals surface area contributed by atoms with Crippen LogP contribution in [0.25, 0.3) is 5.57 Å². The summed E-state index contributed by atoms with van der Waals surface area (Å²) in [6, 6.07) is 11.5. The monoisotopic (exact) mass is 446 g/mol. The van der Waals surface area contributed by atoms with Gasteiger partial charge in [0.05, 0.1) is 17.7 Å². The predicted octanol–water partition coefficient (Wildman–Crippen LogP) is 3.10. The Hall–Kier alpha value is -3.82. The molecule has 0 saturated carbocycles. The molecule has 32 heavy (non-hydrogen) atoms. The van der Waals surface area contributed by atoms with Crippen LogP contribution in [0.2, 0.25) is 0 Å². The fourth-order valence-corrected chi connectivity index (χ4v) is 3.30. The number of aliphatic imine (C=N–C) groups is 1. The standard InChI is InChI=1S/C22H21F3N4O3/c23-22(24,25)16-9-15(10-17(11-16)29-21-27-7-4-8-28-21)19(14-5-2-1-3-6-14)18(20(31)32)12-26-13-30/h1-3,5-6,9-11,13H,4,7-8,12H2,(H,26,30)(H,31,32)(H2,27,28,29). The van der Waals surface area contributed by atoms with Crippen molar-refractivity contribution in [2.24, 2.45) is 4.99 Å². The number of anilines is 1. The van der Waals surface area contributed by atoms with E-state index in [0.717, 1.165) is 18.6 Å². The van der Waals surface area contributed by atoms with Crippen LogP contribution < -0.4 is 16.0 Å². The van der Waals surface area contributed by atoms with Gasteiger partial charge in [-0.15, -0.1) is 0 Å². The first kappa shape index (κ1) is 22.9. The Morgan fingerprint density at radius 2 is 1.91 bits per heavy atom. The summed E-state index contributed by atoms with van der Waals surface area (Å²) < 4.78 is 41.1. The summed E-state index contributed by atoms with van der Waals surface area (Å²) >= 11 is 0. The molecule has 1 heterocycles. The van der Waals surface area contributed by atoms with E-state index < -0.39 is 17.7 Å². The Balaban J connectivity index is 2.22. The topological polar surface area (TPSA) is 103 Å². The molecule has 0 unspecified atom stereocenters. The molecule has 0 saturated heterocycles. The van der Waals surface area contributed by atoms with E-state index in [9.17, 15) is 27.9 Å². The predicted molar refractivity (Wildman–Crippen MR) is 114 cm³/mol. The SMILES string of the molecule is O=CNCC(C(=O)O)=C(c1ccccc1)c1cc(NC2=NCCCN2)cc(C(F)(F)F)c1. The minimum Gasteiger partial charge on any atom is -0.478 e. The second-order valence-corrected chi connectivity index (χ2v) is 6.96. The van der Waals surface area contributed by atoms with Crippen LogP contribution in [0, 0.1) is 0 Å². The highest BCUT2D eigenvalue weighted by Crippen LogP contribution is 2.36. The van der Waals surface area contributed by atoms with Crippen LogP contribution in [0.15, 0.2) is 59.1 Å². The molecule has 0 radical (unpaired) electrons. The van der Waals surface area contributed by atoms with Gasteiger partial charge < -0.3 is 21.1 Å². The van der Waals surface area contributed by atoms with Crippen LogP contribution in [0.1, 0.15) is 23.1 Å². The molecule has 1 amide bonds. The van der Waals surface area contributed by atoms with Gasteiger partial charge in [-0.25, -0.2) is 4.79 Å². The van der Waals surface area contributed by atoms with Crippen molar-refractivity contribution in [3.63, 3.8) is 0 Å². The van der Waals surface area contributed by atoms with Crippen LogP contribution in [-0.4, -0.2) is 43.1 Å². The Kier molecular flexibility index (Phi) is 7.14. The summed E-state index contributed by atoms with van der Waals surface area (Å²) in [4.78, 5) is 27.0. The van der Waals surface area contributed by atoms with E-state index in [0.29, 0.717) is 31.0 Å². The summed E-state index contributed by atoms with van der Waals surface area (Å²) in [6.45, 7) is 0.806. The van der Waals surface area contributed by atoms with E-state index in [2.05, 4.69) is 20.9 Å². The van der Waals surface area contributed by atoms with Crippen molar-refractivity contribution in [2.45, 2.75) is 12.6 Å². The van der Waals surface area contributed by atoms with Gasteiger partial charge in [-0.3, -0.25) is 9.79 Å². The molecule has 168 valence electrons. The second-order valence-electron chi connectivity index (χ2n) is 6.96. The van der Waals surface area contributed by atoms with E-state index in [-0.39, 0.29) is 28.9 Å². The maximum atomic E-state index is 13.7. The number of benzene rings is 2. The van der Waals surface area contributed by atoms with Crippen molar-refractivity contribution >= 4 is 29.6 Å². The highest BCUT2D eigenvalue weighted by atomic mass is 19.4. The number of halogens is 3. The molecule has 7 nitrogen and oxygen atoms in total. The summed E-state index contributed by atoms with van der Waals surface area (Å²) in [7, 11) is 0. The van der Waals surface area contributed by atoms with Gasteiger partial charge in [-0.05, 0) is 35.7 Å². The Morgan fingerprint density at radius 3 is 2.50 bits per heavy atom. The lowest BCUT2D eigenvalue weighted by molar-refractivity contribution is -0.137. The lowest BCUT2D eigenvalue weighted by atomic mass is 9.91. The zero-order chi connectivity index (χ0) is 23.1. The molecule has 2 aromatic carbocycles. The number of guanidine groups is 1. The Labute approximate surface area is 182 Å². The van der Waals surface area contributed by atoms with Gasteiger partial charge in [0, 0.05) is 24.4 Å². The number of nitrogens with zero attached hydrogens (tertiary/aromatic N) is 1. The molecule has 10 heteroatoms. The van der Waals surface area contributed by atoms with Crippen molar-refractivity contribution < 1.29 is 27.9 Å². The van der Waals surface area contributed by atoms with Crippen LogP contribution in [0.3, 0.4) is 0 Å². The molecular formula is C22H21F3N4O3. The van der Waals surface area contributed by atoms with Crippen molar-refractivity contribution in [1.82, 2.24) is 10.6 Å². The van der Waals surface area contributed by atoms with E-state index in [1.807, 2.05) is 0 Å². The quantitative estimate of drug-likeness (QED) is 0.387. The molecule has 4 N–H and O–H groups in total. The molecule has 0 bridgehead atoms. The van der Waals surface area contributed by atoms with Crippen molar-refractivity contribution in [3.05, 3.63) is 70.8 Å². The van der Waals surface area contributed by atoms with Crippen LogP contribution in [-0.2, 0) is 15.8 Å². The molecule has 0 atom stereocenters. The maximum absolute atomic E-state index is 13.7. The van der Waals surface area contributed by atoms with Gasteiger partial charge in [0.2, 0.25) is 6.41 Å². The molecule has 3 rings (SSSR count). The number of aliphatic carboxylic acids is 1. The summed E-state index contributed by atoms with van der Waals surface area (Å²) in [6.07, 6.45) is -3.52. The Morgan fingerprint density at radius 1 is 1.16 bits per heavy atom. The number of carboxylic acids is 1. The summed E-state index contributed by atoms with van der Waals surface area (Å²) in [5.41, 5.74) is -0.590. The van der Waals surface area contributed by atoms with Gasteiger partial charge in [-0.2, -0.15) is 13.2 Å². The molecule has 0 fully saturated rings. The molecule has 0 aliphatic carbocycles. The lowest BCUT2D eigenvalue weighted by Crippen LogP contribution is -2.35. The van der Waals surface area contributed by atoms with E-state index in [4.69, 9.17) is 0 Å². The zero-order valence-electron chi connectivity index (χ0n) is 16.9. The van der Waals surface area contributed by atoms with Crippen LogP contribution >= 0.6 is 0 Å². The molecular weight excluding hydrogens is 425 g/mol. The van der Waals surface area contributed by atoms with Gasteiger partial charge in [-0.1, -0.05) is 30.3 Å². The molecule has 0 spiro atoms. The molecule has 1 aliphatic heterocycles. The minimum atomic E-state index is -4.67.